The van der Waals surface area contributed by atoms with Gasteiger partial charge in [-0.3, -0.25) is 19.6 Å². The molecule has 0 radical (unpaired) electrons. The van der Waals surface area contributed by atoms with Gasteiger partial charge in [0.25, 0.3) is 0 Å². The van der Waals surface area contributed by atoms with Crippen LogP contribution in [0.15, 0.2) is 29.6 Å². The van der Waals surface area contributed by atoms with E-state index in [1.54, 1.807) is 0 Å². The van der Waals surface area contributed by atoms with Crippen molar-refractivity contribution < 1.29 is 4.74 Å². The van der Waals surface area contributed by atoms with E-state index >= 15 is 0 Å². The summed E-state index contributed by atoms with van der Waals surface area (Å²) in [5, 5.41) is 4.49. The first-order valence-corrected chi connectivity index (χ1v) is 8.20. The molecule has 4 rings (SSSR count). The molecule has 0 unspecified atom stereocenters. The van der Waals surface area contributed by atoms with Gasteiger partial charge < -0.3 is 4.74 Å². The molecular formula is C17H21N5O. The van der Waals surface area contributed by atoms with Crippen molar-refractivity contribution >= 4 is 6.21 Å². The lowest BCUT2D eigenvalue weighted by Gasteiger charge is -2.26. The first-order valence-electron chi connectivity index (χ1n) is 8.20. The summed E-state index contributed by atoms with van der Waals surface area (Å²) in [7, 11) is 0. The Bertz CT molecular complexity index is 703. The van der Waals surface area contributed by atoms with Crippen LogP contribution < -0.4 is 0 Å². The van der Waals surface area contributed by atoms with E-state index in [1.807, 2.05) is 23.3 Å². The molecular weight excluding hydrogens is 290 g/mol. The lowest BCUT2D eigenvalue weighted by molar-refractivity contribution is 0.0360. The van der Waals surface area contributed by atoms with E-state index in [1.165, 1.54) is 0 Å². The van der Waals surface area contributed by atoms with Crippen LogP contribution in [0.3, 0.4) is 0 Å². The van der Waals surface area contributed by atoms with Crippen molar-refractivity contribution in [1.29, 1.82) is 0 Å². The number of aromatic nitrogens is 3. The summed E-state index contributed by atoms with van der Waals surface area (Å²) in [6.07, 6.45) is 8.83. The molecule has 4 heterocycles. The van der Waals surface area contributed by atoms with Gasteiger partial charge in [0.05, 0.1) is 31.6 Å². The third-order valence-electron chi connectivity index (χ3n) is 4.43. The molecule has 6 nitrogen and oxygen atoms in total. The standard InChI is InChI=1S/C17H21N5O/c1-2-18-10-15-9-14(11-19-17(1)15)16-12-20-22(13-16)4-3-21-5-7-23-8-6-21/h9-13H,1-8H2. The fraction of sp³-hybridized carbons (Fsp3) is 0.471. The number of aliphatic imine (C=N–C) groups is 1. The van der Waals surface area contributed by atoms with Crippen LogP contribution in [-0.4, -0.2) is 65.3 Å². The van der Waals surface area contributed by atoms with Crippen molar-refractivity contribution in [1.82, 2.24) is 19.7 Å². The van der Waals surface area contributed by atoms with Crippen molar-refractivity contribution in [2.45, 2.75) is 13.0 Å². The van der Waals surface area contributed by atoms with Crippen molar-refractivity contribution in [2.24, 2.45) is 4.99 Å². The van der Waals surface area contributed by atoms with Crippen LogP contribution in [0, 0.1) is 0 Å². The molecule has 2 aliphatic heterocycles. The molecule has 1 saturated heterocycles. The molecule has 0 saturated carbocycles. The molecule has 0 bridgehead atoms. The summed E-state index contributed by atoms with van der Waals surface area (Å²) in [5.74, 6) is 0. The van der Waals surface area contributed by atoms with Gasteiger partial charge in [0.15, 0.2) is 0 Å². The monoisotopic (exact) mass is 311 g/mol. The lowest BCUT2D eigenvalue weighted by atomic mass is 10.0. The van der Waals surface area contributed by atoms with Gasteiger partial charge >= 0.3 is 0 Å². The molecule has 1 fully saturated rings. The summed E-state index contributed by atoms with van der Waals surface area (Å²) in [4.78, 5) is 11.3. The molecule has 0 spiro atoms. The first kappa shape index (κ1) is 14.5. The molecule has 0 N–H and O–H groups in total. The third kappa shape index (κ3) is 3.33. The van der Waals surface area contributed by atoms with Crippen molar-refractivity contribution in [3.05, 3.63) is 35.9 Å². The Morgan fingerprint density at radius 1 is 1.09 bits per heavy atom. The topological polar surface area (TPSA) is 55.5 Å². The summed E-state index contributed by atoms with van der Waals surface area (Å²) in [6, 6.07) is 2.16. The quantitative estimate of drug-likeness (QED) is 0.853. The van der Waals surface area contributed by atoms with E-state index < -0.39 is 0 Å². The number of pyridine rings is 1. The summed E-state index contributed by atoms with van der Waals surface area (Å²) in [5.41, 5.74) is 4.49. The van der Waals surface area contributed by atoms with E-state index in [2.05, 4.69) is 32.2 Å². The predicted molar refractivity (Wildman–Crippen MR) is 88.9 cm³/mol. The minimum Gasteiger partial charge on any atom is -0.379 e. The molecule has 2 aromatic heterocycles. The molecule has 0 atom stereocenters. The van der Waals surface area contributed by atoms with E-state index in [0.717, 1.165) is 74.7 Å². The Morgan fingerprint density at radius 2 is 2.00 bits per heavy atom. The van der Waals surface area contributed by atoms with Crippen LogP contribution in [0.2, 0.25) is 0 Å². The molecule has 23 heavy (non-hydrogen) atoms. The second-order valence-electron chi connectivity index (χ2n) is 5.99. The maximum atomic E-state index is 5.38. The number of nitrogens with zero attached hydrogens (tertiary/aromatic N) is 5. The van der Waals surface area contributed by atoms with Crippen molar-refractivity contribution in [3.63, 3.8) is 0 Å². The van der Waals surface area contributed by atoms with Gasteiger partial charge in [-0.2, -0.15) is 5.10 Å². The zero-order valence-corrected chi connectivity index (χ0v) is 13.2. The summed E-state index contributed by atoms with van der Waals surface area (Å²) < 4.78 is 7.39. The number of ether oxygens (including phenoxy) is 1. The third-order valence-corrected chi connectivity index (χ3v) is 4.43. The summed E-state index contributed by atoms with van der Waals surface area (Å²) >= 11 is 0. The van der Waals surface area contributed by atoms with E-state index in [-0.39, 0.29) is 0 Å². The lowest BCUT2D eigenvalue weighted by Crippen LogP contribution is -2.38. The van der Waals surface area contributed by atoms with Gasteiger partial charge in [0.2, 0.25) is 0 Å². The Labute approximate surface area is 135 Å². The van der Waals surface area contributed by atoms with Gasteiger partial charge in [-0.15, -0.1) is 0 Å². The Morgan fingerprint density at radius 3 is 2.91 bits per heavy atom. The number of hydrogen-bond donors (Lipinski definition) is 0. The van der Waals surface area contributed by atoms with Crippen LogP contribution >= 0.6 is 0 Å². The van der Waals surface area contributed by atoms with E-state index in [9.17, 15) is 0 Å². The van der Waals surface area contributed by atoms with Gasteiger partial charge in [-0.25, -0.2) is 0 Å². The van der Waals surface area contributed by atoms with E-state index in [0.29, 0.717) is 0 Å². The average Bonchev–Trinajstić information content (AvgIpc) is 3.09. The van der Waals surface area contributed by atoms with E-state index in [4.69, 9.17) is 4.74 Å². The Kier molecular flexibility index (Phi) is 4.17. The molecule has 2 aromatic rings. The largest absolute Gasteiger partial charge is 0.379 e. The highest BCUT2D eigenvalue weighted by Crippen LogP contribution is 2.21. The highest BCUT2D eigenvalue weighted by Gasteiger charge is 2.12. The summed E-state index contributed by atoms with van der Waals surface area (Å²) in [6.45, 7) is 6.47. The molecule has 0 aromatic carbocycles. The number of rotatable bonds is 4. The van der Waals surface area contributed by atoms with Gasteiger partial charge in [0, 0.05) is 67.9 Å². The van der Waals surface area contributed by atoms with Crippen LogP contribution in [-0.2, 0) is 17.7 Å². The molecule has 6 heteroatoms. The fourth-order valence-corrected chi connectivity index (χ4v) is 3.03. The number of hydrogen-bond acceptors (Lipinski definition) is 5. The highest BCUT2D eigenvalue weighted by atomic mass is 16.5. The maximum absolute atomic E-state index is 5.38. The Hall–Kier alpha value is -2.05. The van der Waals surface area contributed by atoms with Crippen LogP contribution in [0.1, 0.15) is 11.3 Å². The number of morpholine rings is 1. The van der Waals surface area contributed by atoms with Crippen LogP contribution in [0.25, 0.3) is 11.1 Å². The first-order chi connectivity index (χ1) is 11.4. The minimum atomic E-state index is 0.840. The maximum Gasteiger partial charge on any atom is 0.0594 e. The zero-order chi connectivity index (χ0) is 15.5. The van der Waals surface area contributed by atoms with Crippen molar-refractivity contribution in [3.8, 4) is 11.1 Å². The molecule has 2 aliphatic rings. The second kappa shape index (κ2) is 6.60. The van der Waals surface area contributed by atoms with Gasteiger partial charge in [-0.1, -0.05) is 0 Å². The average molecular weight is 311 g/mol. The molecule has 0 aliphatic carbocycles. The SMILES string of the molecule is C1=NCCc2ncc(-c3cnn(CCN4CCOCC4)c3)cc21. The highest BCUT2D eigenvalue weighted by molar-refractivity contribution is 5.84. The van der Waals surface area contributed by atoms with Crippen molar-refractivity contribution in [2.75, 3.05) is 39.4 Å². The van der Waals surface area contributed by atoms with Gasteiger partial charge in [0.1, 0.15) is 0 Å². The minimum absolute atomic E-state index is 0.840. The van der Waals surface area contributed by atoms with Crippen LogP contribution in [0.5, 0.6) is 0 Å². The fourth-order valence-electron chi connectivity index (χ4n) is 3.03. The number of fused-ring (bicyclic) bond motifs is 1. The second-order valence-corrected chi connectivity index (χ2v) is 5.99. The molecule has 0 amide bonds. The predicted octanol–water partition coefficient (Wildman–Crippen LogP) is 1.25. The zero-order valence-electron chi connectivity index (χ0n) is 13.2. The molecule has 120 valence electrons. The van der Waals surface area contributed by atoms with Gasteiger partial charge in [-0.05, 0) is 6.07 Å². The Balaban J connectivity index is 1.44. The normalized spacial score (nSPS) is 18.1. The van der Waals surface area contributed by atoms with Crippen LogP contribution in [0.4, 0.5) is 0 Å². The smallest absolute Gasteiger partial charge is 0.0594 e.